The standard InChI is InChI=1S/C23H39FN4O/c1-14-6-7-19(24)18-11-20(26-22(14)18)23(29)25-16-4-3-5-17(10-16)28-12-15-8-9-27(2)21(15)13-28/h14-22,26H,3-13H2,1-2H3,(H,25,29). The van der Waals surface area contributed by atoms with Gasteiger partial charge < -0.3 is 15.5 Å². The fourth-order valence-electron chi connectivity index (χ4n) is 7.23. The third-order valence-corrected chi connectivity index (χ3v) is 9.02. The minimum absolute atomic E-state index is 0.0228. The molecule has 3 saturated heterocycles. The molecule has 3 heterocycles. The Hall–Kier alpha value is -0.720. The van der Waals surface area contributed by atoms with E-state index in [1.54, 1.807) is 0 Å². The number of likely N-dealkylation sites (N-methyl/N-ethyl adjacent to an activating group) is 1. The van der Waals surface area contributed by atoms with Gasteiger partial charge in [0.1, 0.15) is 6.17 Å². The van der Waals surface area contributed by atoms with Crippen LogP contribution in [0.25, 0.3) is 0 Å². The van der Waals surface area contributed by atoms with E-state index < -0.39 is 6.17 Å². The van der Waals surface area contributed by atoms with Crippen molar-refractivity contribution in [2.45, 2.75) is 94.7 Å². The summed E-state index contributed by atoms with van der Waals surface area (Å²) in [7, 11) is 2.27. The van der Waals surface area contributed by atoms with Gasteiger partial charge >= 0.3 is 0 Å². The van der Waals surface area contributed by atoms with Crippen molar-refractivity contribution in [1.82, 2.24) is 20.4 Å². The number of halogens is 1. The van der Waals surface area contributed by atoms with Crippen molar-refractivity contribution in [2.75, 3.05) is 26.7 Å². The molecule has 2 aliphatic carbocycles. The predicted octanol–water partition coefficient (Wildman–Crippen LogP) is 2.16. The Bertz CT molecular complexity index is 600. The van der Waals surface area contributed by atoms with Gasteiger partial charge in [-0.3, -0.25) is 9.69 Å². The molecular formula is C23H39FN4O. The second kappa shape index (κ2) is 8.08. The molecule has 164 valence electrons. The van der Waals surface area contributed by atoms with Crippen LogP contribution in [-0.4, -0.2) is 78.8 Å². The van der Waals surface area contributed by atoms with Crippen molar-refractivity contribution in [3.8, 4) is 0 Å². The van der Waals surface area contributed by atoms with Crippen LogP contribution < -0.4 is 10.6 Å². The van der Waals surface area contributed by atoms with E-state index in [4.69, 9.17) is 0 Å². The van der Waals surface area contributed by atoms with Crippen molar-refractivity contribution in [3.63, 3.8) is 0 Å². The molecule has 29 heavy (non-hydrogen) atoms. The van der Waals surface area contributed by atoms with Crippen LogP contribution in [-0.2, 0) is 4.79 Å². The van der Waals surface area contributed by atoms with Gasteiger partial charge in [-0.25, -0.2) is 4.39 Å². The predicted molar refractivity (Wildman–Crippen MR) is 112 cm³/mol. The SMILES string of the molecule is CC1CCC(F)C2CC(C(=O)NC3CCCC(N4CC5CCN(C)C5C4)C3)NC12. The van der Waals surface area contributed by atoms with Gasteiger partial charge in [0.2, 0.25) is 5.91 Å². The summed E-state index contributed by atoms with van der Waals surface area (Å²) in [6, 6.07) is 1.61. The Morgan fingerprint density at radius 2 is 1.97 bits per heavy atom. The van der Waals surface area contributed by atoms with Crippen LogP contribution in [0.3, 0.4) is 0 Å². The van der Waals surface area contributed by atoms with Crippen LogP contribution in [0.5, 0.6) is 0 Å². The Morgan fingerprint density at radius 1 is 1.10 bits per heavy atom. The van der Waals surface area contributed by atoms with Gasteiger partial charge in [0, 0.05) is 43.2 Å². The van der Waals surface area contributed by atoms with E-state index in [1.165, 1.54) is 38.9 Å². The maximum absolute atomic E-state index is 14.4. The number of nitrogens with zero attached hydrogens (tertiary/aromatic N) is 2. The van der Waals surface area contributed by atoms with Gasteiger partial charge in [-0.15, -0.1) is 0 Å². The maximum Gasteiger partial charge on any atom is 0.237 e. The maximum atomic E-state index is 14.4. The molecule has 3 aliphatic heterocycles. The molecule has 0 radical (unpaired) electrons. The van der Waals surface area contributed by atoms with E-state index in [9.17, 15) is 9.18 Å². The van der Waals surface area contributed by atoms with Gasteiger partial charge in [-0.1, -0.05) is 6.92 Å². The van der Waals surface area contributed by atoms with Crippen LogP contribution in [0, 0.1) is 17.8 Å². The van der Waals surface area contributed by atoms with Crippen molar-refractivity contribution in [3.05, 3.63) is 0 Å². The highest BCUT2D eigenvalue weighted by Crippen LogP contribution is 2.39. The lowest BCUT2D eigenvalue weighted by Crippen LogP contribution is -2.51. The lowest BCUT2D eigenvalue weighted by Gasteiger charge is -2.36. The van der Waals surface area contributed by atoms with Crippen molar-refractivity contribution < 1.29 is 9.18 Å². The van der Waals surface area contributed by atoms with E-state index in [-0.39, 0.29) is 30.0 Å². The fraction of sp³-hybridized carbons (Fsp3) is 0.957. The summed E-state index contributed by atoms with van der Waals surface area (Å²) >= 11 is 0. The topological polar surface area (TPSA) is 47.6 Å². The van der Waals surface area contributed by atoms with Crippen molar-refractivity contribution in [2.24, 2.45) is 17.8 Å². The van der Waals surface area contributed by atoms with Crippen LogP contribution in [0.4, 0.5) is 4.39 Å². The Kier molecular flexibility index (Phi) is 5.63. The number of carbonyl (C=O) groups is 1. The fourth-order valence-corrected chi connectivity index (χ4v) is 7.23. The number of nitrogens with one attached hydrogen (secondary N) is 2. The first-order valence-electron chi connectivity index (χ1n) is 12.1. The number of amides is 1. The quantitative estimate of drug-likeness (QED) is 0.754. The zero-order valence-electron chi connectivity index (χ0n) is 18.2. The van der Waals surface area contributed by atoms with Gasteiger partial charge in [0.25, 0.3) is 0 Å². The van der Waals surface area contributed by atoms with Crippen LogP contribution in [0.2, 0.25) is 0 Å². The number of carbonyl (C=O) groups excluding carboxylic acids is 1. The van der Waals surface area contributed by atoms with Crippen LogP contribution >= 0.6 is 0 Å². The molecule has 1 amide bonds. The molecular weight excluding hydrogens is 367 g/mol. The average molecular weight is 407 g/mol. The Balaban J connectivity index is 1.15. The smallest absolute Gasteiger partial charge is 0.237 e. The molecule has 2 N–H and O–H groups in total. The number of alkyl halides is 1. The van der Waals surface area contributed by atoms with E-state index in [2.05, 4.69) is 34.4 Å². The molecule has 5 fully saturated rings. The second-order valence-corrected chi connectivity index (χ2v) is 10.8. The highest BCUT2D eigenvalue weighted by Gasteiger charge is 2.47. The monoisotopic (exact) mass is 406 g/mol. The largest absolute Gasteiger partial charge is 0.352 e. The third kappa shape index (κ3) is 3.85. The van der Waals surface area contributed by atoms with Gasteiger partial charge in [-0.2, -0.15) is 0 Å². The number of fused-ring (bicyclic) bond motifs is 2. The zero-order valence-corrected chi connectivity index (χ0v) is 18.2. The Labute approximate surface area is 175 Å². The summed E-state index contributed by atoms with van der Waals surface area (Å²) in [6.07, 6.45) is 7.49. The summed E-state index contributed by atoms with van der Waals surface area (Å²) in [6.45, 7) is 5.89. The molecule has 0 bridgehead atoms. The average Bonchev–Trinajstić information content (AvgIpc) is 3.41. The normalized spacial score (nSPS) is 48.4. The zero-order chi connectivity index (χ0) is 20.1. The molecule has 9 atom stereocenters. The van der Waals surface area contributed by atoms with E-state index in [0.29, 0.717) is 24.8 Å². The summed E-state index contributed by atoms with van der Waals surface area (Å²) < 4.78 is 14.4. The lowest BCUT2D eigenvalue weighted by molar-refractivity contribution is -0.124. The molecule has 0 aromatic rings. The highest BCUT2D eigenvalue weighted by atomic mass is 19.1. The van der Waals surface area contributed by atoms with E-state index in [1.807, 2.05) is 0 Å². The molecule has 2 saturated carbocycles. The molecule has 6 heteroatoms. The van der Waals surface area contributed by atoms with E-state index >= 15 is 0 Å². The molecule has 5 nitrogen and oxygen atoms in total. The van der Waals surface area contributed by atoms with Gasteiger partial charge in [-0.05, 0) is 76.8 Å². The molecule has 9 unspecified atom stereocenters. The van der Waals surface area contributed by atoms with Crippen molar-refractivity contribution >= 4 is 5.91 Å². The van der Waals surface area contributed by atoms with Crippen molar-refractivity contribution in [1.29, 1.82) is 0 Å². The van der Waals surface area contributed by atoms with Crippen LogP contribution in [0.1, 0.15) is 58.3 Å². The number of hydrogen-bond acceptors (Lipinski definition) is 4. The van der Waals surface area contributed by atoms with Gasteiger partial charge in [0.15, 0.2) is 0 Å². The number of rotatable bonds is 3. The van der Waals surface area contributed by atoms with E-state index in [0.717, 1.165) is 31.2 Å². The summed E-state index contributed by atoms with van der Waals surface area (Å²) in [5.41, 5.74) is 0. The van der Waals surface area contributed by atoms with Gasteiger partial charge in [0.05, 0.1) is 6.04 Å². The molecule has 0 aromatic carbocycles. The number of likely N-dealkylation sites (tertiary alicyclic amines) is 2. The highest BCUT2D eigenvalue weighted by molar-refractivity contribution is 5.82. The first-order chi connectivity index (χ1) is 14.0. The summed E-state index contributed by atoms with van der Waals surface area (Å²) in [5, 5.41) is 6.84. The minimum Gasteiger partial charge on any atom is -0.352 e. The molecule has 0 spiro atoms. The minimum atomic E-state index is -0.742. The number of hydrogen-bond donors (Lipinski definition) is 2. The third-order valence-electron chi connectivity index (χ3n) is 9.02. The lowest BCUT2D eigenvalue weighted by atomic mass is 9.77. The van der Waals surface area contributed by atoms with Crippen LogP contribution in [0.15, 0.2) is 0 Å². The first kappa shape index (κ1) is 20.2. The molecule has 5 rings (SSSR count). The molecule has 5 aliphatic rings. The Morgan fingerprint density at radius 3 is 2.76 bits per heavy atom. The second-order valence-electron chi connectivity index (χ2n) is 10.8. The summed E-state index contributed by atoms with van der Waals surface area (Å²) in [4.78, 5) is 18.2. The molecule has 0 aromatic heterocycles. The first-order valence-corrected chi connectivity index (χ1v) is 12.1. The summed E-state index contributed by atoms with van der Waals surface area (Å²) in [5.74, 6) is 1.45.